The molecular weight excluding hydrogens is 274 g/mol. The summed E-state index contributed by atoms with van der Waals surface area (Å²) < 4.78 is 22.7. The second-order valence-electron chi connectivity index (χ2n) is 6.06. The van der Waals surface area contributed by atoms with Crippen LogP contribution in [0.5, 0.6) is 0 Å². The summed E-state index contributed by atoms with van der Waals surface area (Å²) in [6.45, 7) is 2.05. The molecule has 5 nitrogen and oxygen atoms in total. The Labute approximate surface area is 120 Å². The van der Waals surface area contributed by atoms with E-state index < -0.39 is 10.0 Å². The lowest BCUT2D eigenvalue weighted by Crippen LogP contribution is -2.29. The van der Waals surface area contributed by atoms with Gasteiger partial charge in [-0.3, -0.25) is 0 Å². The van der Waals surface area contributed by atoms with E-state index in [9.17, 15) is 8.42 Å². The molecule has 0 aromatic heterocycles. The Morgan fingerprint density at radius 1 is 1.10 bits per heavy atom. The van der Waals surface area contributed by atoms with Gasteiger partial charge in [-0.05, 0) is 55.7 Å². The van der Waals surface area contributed by atoms with Crippen molar-refractivity contribution in [2.75, 3.05) is 23.7 Å². The minimum Gasteiger partial charge on any atom is -0.397 e. The van der Waals surface area contributed by atoms with E-state index >= 15 is 0 Å². The second-order valence-corrected chi connectivity index (χ2v) is 7.62. The first-order chi connectivity index (χ1) is 9.43. The van der Waals surface area contributed by atoms with E-state index in [1.165, 1.54) is 31.7 Å². The van der Waals surface area contributed by atoms with Crippen LogP contribution in [0, 0.1) is 11.8 Å². The minimum atomic E-state index is -3.69. The quantitative estimate of drug-likeness (QED) is 0.779. The van der Waals surface area contributed by atoms with Crippen LogP contribution in [0.4, 0.5) is 11.4 Å². The summed E-state index contributed by atoms with van der Waals surface area (Å²) in [5, 5.41) is 5.14. The monoisotopic (exact) mass is 295 g/mol. The number of benzene rings is 1. The summed E-state index contributed by atoms with van der Waals surface area (Å²) in [6, 6.07) is 4.81. The topological polar surface area (TPSA) is 89.4 Å². The predicted octanol–water partition coefficient (Wildman–Crippen LogP) is 1.54. The van der Waals surface area contributed by atoms with Gasteiger partial charge in [0.25, 0.3) is 0 Å². The highest BCUT2D eigenvalue weighted by Gasteiger charge is 2.30. The van der Waals surface area contributed by atoms with Gasteiger partial charge >= 0.3 is 0 Å². The number of hydrogen-bond donors (Lipinski definition) is 2. The van der Waals surface area contributed by atoms with Crippen molar-refractivity contribution in [2.24, 2.45) is 17.0 Å². The van der Waals surface area contributed by atoms with Gasteiger partial charge in [-0.25, -0.2) is 13.6 Å². The largest absolute Gasteiger partial charge is 0.397 e. The van der Waals surface area contributed by atoms with Gasteiger partial charge in [0.1, 0.15) is 0 Å². The minimum absolute atomic E-state index is 0.0801. The first-order valence-corrected chi connectivity index (χ1v) is 8.65. The Morgan fingerprint density at radius 3 is 2.05 bits per heavy atom. The van der Waals surface area contributed by atoms with Crippen molar-refractivity contribution >= 4 is 21.4 Å². The van der Waals surface area contributed by atoms with Crippen LogP contribution in [-0.4, -0.2) is 21.5 Å². The predicted molar refractivity (Wildman–Crippen MR) is 79.9 cm³/mol. The number of anilines is 2. The Morgan fingerprint density at radius 2 is 1.65 bits per heavy atom. The van der Waals surface area contributed by atoms with Gasteiger partial charge in [0, 0.05) is 13.1 Å². The van der Waals surface area contributed by atoms with Crippen LogP contribution in [0.3, 0.4) is 0 Å². The summed E-state index contributed by atoms with van der Waals surface area (Å²) in [7, 11) is -3.69. The summed E-state index contributed by atoms with van der Waals surface area (Å²) in [5.74, 6) is 1.54. The smallest absolute Gasteiger partial charge is 0.238 e. The van der Waals surface area contributed by atoms with Crippen molar-refractivity contribution in [1.29, 1.82) is 0 Å². The molecule has 0 bridgehead atoms. The molecule has 1 aromatic carbocycles. The van der Waals surface area contributed by atoms with E-state index in [1.54, 1.807) is 12.1 Å². The fraction of sp³-hybridized carbons (Fsp3) is 0.571. The number of nitrogen functional groups attached to an aromatic ring is 1. The van der Waals surface area contributed by atoms with Crippen molar-refractivity contribution in [3.63, 3.8) is 0 Å². The molecule has 4 N–H and O–H groups in total. The zero-order valence-corrected chi connectivity index (χ0v) is 12.3. The van der Waals surface area contributed by atoms with Crippen LogP contribution in [0.25, 0.3) is 0 Å². The molecule has 0 aliphatic heterocycles. The van der Waals surface area contributed by atoms with E-state index in [1.807, 2.05) is 0 Å². The van der Waals surface area contributed by atoms with Crippen LogP contribution in [0.1, 0.15) is 25.7 Å². The molecule has 1 aromatic rings. The maximum Gasteiger partial charge on any atom is 0.238 e. The average Bonchev–Trinajstić information content (AvgIpc) is 3.22. The Kier molecular flexibility index (Phi) is 3.38. The second kappa shape index (κ2) is 4.93. The molecule has 2 fully saturated rings. The molecular formula is C14H21N3O2S. The number of rotatable bonds is 6. The maximum atomic E-state index is 11.4. The van der Waals surface area contributed by atoms with Gasteiger partial charge in [-0.2, -0.15) is 0 Å². The third-order valence-corrected chi connectivity index (χ3v) is 4.93. The molecule has 2 aliphatic rings. The van der Waals surface area contributed by atoms with Gasteiger partial charge < -0.3 is 10.6 Å². The van der Waals surface area contributed by atoms with Gasteiger partial charge in [-0.1, -0.05) is 0 Å². The molecule has 0 heterocycles. The van der Waals surface area contributed by atoms with Crippen molar-refractivity contribution in [3.8, 4) is 0 Å². The molecule has 0 saturated heterocycles. The maximum absolute atomic E-state index is 11.4. The molecule has 6 heteroatoms. The normalized spacial score (nSPS) is 19.1. The fourth-order valence-corrected chi connectivity index (χ4v) is 3.04. The standard InChI is InChI=1S/C14H21N3O2S/c15-13-7-12(20(16,18)19)5-6-14(13)17(8-10-1-2-10)9-11-3-4-11/h5-7,10-11H,1-4,8-9,15H2,(H2,16,18,19). The van der Waals surface area contributed by atoms with Crippen LogP contribution in [0.15, 0.2) is 23.1 Å². The van der Waals surface area contributed by atoms with Crippen molar-refractivity contribution in [1.82, 2.24) is 0 Å². The van der Waals surface area contributed by atoms with E-state index in [-0.39, 0.29) is 4.90 Å². The Hall–Kier alpha value is -1.27. The molecule has 0 amide bonds. The molecule has 0 radical (unpaired) electrons. The number of nitrogens with two attached hydrogens (primary N) is 2. The van der Waals surface area contributed by atoms with Gasteiger partial charge in [0.15, 0.2) is 0 Å². The molecule has 0 atom stereocenters. The molecule has 20 heavy (non-hydrogen) atoms. The number of hydrogen-bond acceptors (Lipinski definition) is 4. The number of nitrogens with zero attached hydrogens (tertiary/aromatic N) is 1. The van der Waals surface area contributed by atoms with E-state index in [4.69, 9.17) is 10.9 Å². The SMILES string of the molecule is Nc1cc(S(N)(=O)=O)ccc1N(CC1CC1)CC1CC1. The lowest BCUT2D eigenvalue weighted by Gasteiger charge is -2.26. The van der Waals surface area contributed by atoms with Gasteiger partial charge in [0.05, 0.1) is 16.3 Å². The van der Waals surface area contributed by atoms with Crippen molar-refractivity contribution in [2.45, 2.75) is 30.6 Å². The van der Waals surface area contributed by atoms with Crippen molar-refractivity contribution < 1.29 is 8.42 Å². The molecule has 110 valence electrons. The highest BCUT2D eigenvalue weighted by Crippen LogP contribution is 2.37. The van der Waals surface area contributed by atoms with Gasteiger partial charge in [0.2, 0.25) is 10.0 Å². The van der Waals surface area contributed by atoms with Crippen LogP contribution in [-0.2, 0) is 10.0 Å². The van der Waals surface area contributed by atoms with Crippen LogP contribution < -0.4 is 15.8 Å². The van der Waals surface area contributed by atoms with Gasteiger partial charge in [-0.15, -0.1) is 0 Å². The first kappa shape index (κ1) is 13.7. The molecule has 2 saturated carbocycles. The summed E-state index contributed by atoms with van der Waals surface area (Å²) in [4.78, 5) is 2.40. The molecule has 3 rings (SSSR count). The lowest BCUT2D eigenvalue weighted by molar-refractivity contribution is 0.598. The van der Waals surface area contributed by atoms with Crippen molar-refractivity contribution in [3.05, 3.63) is 18.2 Å². The van der Waals surface area contributed by atoms with E-state index in [0.717, 1.165) is 30.6 Å². The van der Waals surface area contributed by atoms with Crippen LogP contribution >= 0.6 is 0 Å². The molecule has 0 unspecified atom stereocenters. The van der Waals surface area contributed by atoms with E-state index in [0.29, 0.717) is 5.69 Å². The molecule has 0 spiro atoms. The lowest BCUT2D eigenvalue weighted by atomic mass is 10.2. The third-order valence-electron chi connectivity index (χ3n) is 4.02. The number of primary sulfonamides is 1. The first-order valence-electron chi connectivity index (χ1n) is 7.11. The number of sulfonamides is 1. The fourth-order valence-electron chi connectivity index (χ4n) is 2.49. The summed E-state index contributed by atoms with van der Waals surface area (Å²) in [6.07, 6.45) is 5.15. The molecule has 2 aliphatic carbocycles. The Balaban J connectivity index is 1.85. The average molecular weight is 295 g/mol. The highest BCUT2D eigenvalue weighted by atomic mass is 32.2. The summed E-state index contributed by atoms with van der Waals surface area (Å²) in [5.41, 5.74) is 7.49. The Bertz CT molecular complexity index is 593. The van der Waals surface area contributed by atoms with E-state index in [2.05, 4.69) is 4.90 Å². The third kappa shape index (κ3) is 3.24. The summed E-state index contributed by atoms with van der Waals surface area (Å²) >= 11 is 0. The zero-order valence-electron chi connectivity index (χ0n) is 11.5. The van der Waals surface area contributed by atoms with Crippen LogP contribution in [0.2, 0.25) is 0 Å². The zero-order chi connectivity index (χ0) is 14.3. The highest BCUT2D eigenvalue weighted by molar-refractivity contribution is 7.89.